The molecule has 0 saturated heterocycles. The van der Waals surface area contributed by atoms with Crippen LogP contribution in [0.3, 0.4) is 0 Å². The molecule has 0 unspecified atom stereocenters. The minimum atomic E-state index is 0.541. The van der Waals surface area contributed by atoms with Gasteiger partial charge in [0, 0.05) is 23.3 Å². The highest BCUT2D eigenvalue weighted by Crippen LogP contribution is 2.27. The largest absolute Gasteiger partial charge is 0.493 e. The first-order chi connectivity index (χ1) is 14.1. The Bertz CT molecular complexity index is 960. The van der Waals surface area contributed by atoms with E-state index in [4.69, 9.17) is 21.7 Å². The minimum Gasteiger partial charge on any atom is -0.493 e. The standard InChI is InChI=1S/C21H23BrN4O2S/c1-27-18-8-5-15(13-19(18)28-2)9-11-23-21(29)24-20-10-12-26(25-20)14-16-3-6-17(22)7-4-16/h3-8,10,12-13H,9,11,14H2,1-2H3,(H2,23,24,25,29). The number of aromatic nitrogens is 2. The molecule has 0 bridgehead atoms. The number of ether oxygens (including phenoxy) is 2. The van der Waals surface area contributed by atoms with Gasteiger partial charge < -0.3 is 20.1 Å². The number of rotatable bonds is 8. The van der Waals surface area contributed by atoms with Crippen molar-refractivity contribution in [3.8, 4) is 11.5 Å². The number of halogens is 1. The highest BCUT2D eigenvalue weighted by atomic mass is 79.9. The average Bonchev–Trinajstić information content (AvgIpc) is 3.16. The molecule has 2 aromatic carbocycles. The van der Waals surface area contributed by atoms with Crippen molar-refractivity contribution in [3.05, 3.63) is 70.3 Å². The molecule has 2 N–H and O–H groups in total. The third kappa shape index (κ3) is 6.20. The third-order valence-corrected chi connectivity index (χ3v) is 5.06. The number of thiocarbonyl (C=S) groups is 1. The van der Waals surface area contributed by atoms with Crippen LogP contribution in [-0.4, -0.2) is 35.7 Å². The first-order valence-electron chi connectivity index (χ1n) is 9.11. The lowest BCUT2D eigenvalue weighted by Crippen LogP contribution is -2.30. The smallest absolute Gasteiger partial charge is 0.172 e. The van der Waals surface area contributed by atoms with Crippen LogP contribution >= 0.6 is 28.1 Å². The average molecular weight is 475 g/mol. The molecule has 0 aliphatic rings. The molecule has 1 aromatic heterocycles. The maximum absolute atomic E-state index is 5.37. The highest BCUT2D eigenvalue weighted by molar-refractivity contribution is 9.10. The maximum Gasteiger partial charge on any atom is 0.172 e. The molecule has 0 atom stereocenters. The molecule has 0 saturated carbocycles. The number of hydrogen-bond donors (Lipinski definition) is 2. The molecule has 1 heterocycles. The lowest BCUT2D eigenvalue weighted by Gasteiger charge is -2.11. The Balaban J connectivity index is 1.46. The first-order valence-corrected chi connectivity index (χ1v) is 10.3. The summed E-state index contributed by atoms with van der Waals surface area (Å²) in [6.07, 6.45) is 2.73. The van der Waals surface area contributed by atoms with E-state index in [0.717, 1.165) is 28.0 Å². The molecule has 6 nitrogen and oxygen atoms in total. The van der Waals surface area contributed by atoms with Crippen molar-refractivity contribution >= 4 is 39.1 Å². The third-order valence-electron chi connectivity index (χ3n) is 4.29. The van der Waals surface area contributed by atoms with Gasteiger partial charge in [-0.05, 0) is 54.0 Å². The number of hydrogen-bond acceptors (Lipinski definition) is 4. The van der Waals surface area contributed by atoms with E-state index in [-0.39, 0.29) is 0 Å². The van der Waals surface area contributed by atoms with E-state index < -0.39 is 0 Å². The van der Waals surface area contributed by atoms with Crippen LogP contribution in [0.1, 0.15) is 11.1 Å². The minimum absolute atomic E-state index is 0.541. The van der Waals surface area contributed by atoms with E-state index in [1.807, 2.05) is 47.3 Å². The van der Waals surface area contributed by atoms with Crippen LogP contribution in [0.4, 0.5) is 5.82 Å². The molecule has 0 aliphatic heterocycles. The zero-order chi connectivity index (χ0) is 20.6. The first kappa shape index (κ1) is 21.1. The SMILES string of the molecule is COc1ccc(CCNC(=S)Nc2ccn(Cc3ccc(Br)cc3)n2)cc1OC. The predicted octanol–water partition coefficient (Wildman–Crippen LogP) is 4.24. The van der Waals surface area contributed by atoms with Gasteiger partial charge in [-0.3, -0.25) is 4.68 Å². The molecule has 3 rings (SSSR count). The molecule has 0 spiro atoms. The van der Waals surface area contributed by atoms with E-state index in [1.54, 1.807) is 14.2 Å². The molecular formula is C21H23BrN4O2S. The molecule has 0 radical (unpaired) electrons. The summed E-state index contributed by atoms with van der Waals surface area (Å²) in [5, 5.41) is 11.4. The van der Waals surface area contributed by atoms with Crippen LogP contribution in [0.15, 0.2) is 59.2 Å². The Morgan fingerprint density at radius 3 is 2.48 bits per heavy atom. The Morgan fingerprint density at radius 2 is 1.76 bits per heavy atom. The van der Waals surface area contributed by atoms with Crippen molar-refractivity contribution in [1.82, 2.24) is 15.1 Å². The van der Waals surface area contributed by atoms with E-state index >= 15 is 0 Å². The van der Waals surface area contributed by atoms with Crippen molar-refractivity contribution in [2.75, 3.05) is 26.1 Å². The summed E-state index contributed by atoms with van der Waals surface area (Å²) in [5.74, 6) is 2.16. The number of benzene rings is 2. The number of methoxy groups -OCH3 is 2. The Labute approximate surface area is 184 Å². The summed E-state index contributed by atoms with van der Waals surface area (Å²) in [6.45, 7) is 1.40. The van der Waals surface area contributed by atoms with Crippen molar-refractivity contribution in [2.24, 2.45) is 0 Å². The predicted molar refractivity (Wildman–Crippen MR) is 123 cm³/mol. The van der Waals surface area contributed by atoms with E-state index in [0.29, 0.717) is 24.0 Å². The van der Waals surface area contributed by atoms with Gasteiger partial charge >= 0.3 is 0 Å². The van der Waals surface area contributed by atoms with Gasteiger partial charge in [0.1, 0.15) is 0 Å². The summed E-state index contributed by atoms with van der Waals surface area (Å²) < 4.78 is 13.5. The molecule has 3 aromatic rings. The van der Waals surface area contributed by atoms with Crippen LogP contribution in [0, 0.1) is 0 Å². The fraction of sp³-hybridized carbons (Fsp3) is 0.238. The topological polar surface area (TPSA) is 60.3 Å². The van der Waals surface area contributed by atoms with Gasteiger partial charge in [-0.15, -0.1) is 0 Å². The zero-order valence-electron chi connectivity index (χ0n) is 16.3. The van der Waals surface area contributed by atoms with Gasteiger partial charge in [0.15, 0.2) is 22.4 Å². The van der Waals surface area contributed by atoms with Gasteiger partial charge in [0.05, 0.1) is 20.8 Å². The summed E-state index contributed by atoms with van der Waals surface area (Å²) in [6, 6.07) is 16.0. The van der Waals surface area contributed by atoms with Gasteiger partial charge in [0.25, 0.3) is 0 Å². The summed E-state index contributed by atoms with van der Waals surface area (Å²) >= 11 is 8.82. The van der Waals surface area contributed by atoms with E-state index in [2.05, 4.69) is 43.8 Å². The van der Waals surface area contributed by atoms with Crippen LogP contribution in [0.5, 0.6) is 11.5 Å². The Hall–Kier alpha value is -2.58. The van der Waals surface area contributed by atoms with Gasteiger partial charge in [0.2, 0.25) is 0 Å². The molecule has 0 amide bonds. The molecule has 8 heteroatoms. The molecule has 29 heavy (non-hydrogen) atoms. The number of nitrogens with one attached hydrogen (secondary N) is 2. The number of anilines is 1. The van der Waals surface area contributed by atoms with Crippen molar-refractivity contribution in [1.29, 1.82) is 0 Å². The Kier molecular flexibility index (Phi) is 7.48. The van der Waals surface area contributed by atoms with Crippen molar-refractivity contribution in [3.63, 3.8) is 0 Å². The van der Waals surface area contributed by atoms with Crippen LogP contribution in [0.2, 0.25) is 0 Å². The van der Waals surface area contributed by atoms with Crippen molar-refractivity contribution < 1.29 is 9.47 Å². The van der Waals surface area contributed by atoms with E-state index in [1.165, 1.54) is 5.56 Å². The second-order valence-corrected chi connectivity index (χ2v) is 7.67. The lowest BCUT2D eigenvalue weighted by molar-refractivity contribution is 0.354. The normalized spacial score (nSPS) is 10.4. The second kappa shape index (κ2) is 10.3. The van der Waals surface area contributed by atoms with Crippen LogP contribution < -0.4 is 20.1 Å². The molecule has 152 valence electrons. The quantitative estimate of drug-likeness (QED) is 0.476. The Morgan fingerprint density at radius 1 is 1.03 bits per heavy atom. The van der Waals surface area contributed by atoms with E-state index in [9.17, 15) is 0 Å². The fourth-order valence-corrected chi connectivity index (χ4v) is 3.28. The zero-order valence-corrected chi connectivity index (χ0v) is 18.7. The summed E-state index contributed by atoms with van der Waals surface area (Å²) in [5.41, 5.74) is 2.31. The second-order valence-electron chi connectivity index (χ2n) is 6.35. The number of nitrogens with zero attached hydrogens (tertiary/aromatic N) is 2. The lowest BCUT2D eigenvalue weighted by atomic mass is 10.1. The highest BCUT2D eigenvalue weighted by Gasteiger charge is 2.06. The molecular weight excluding hydrogens is 452 g/mol. The van der Waals surface area contributed by atoms with Crippen LogP contribution in [-0.2, 0) is 13.0 Å². The van der Waals surface area contributed by atoms with Crippen molar-refractivity contribution in [2.45, 2.75) is 13.0 Å². The monoisotopic (exact) mass is 474 g/mol. The summed E-state index contributed by atoms with van der Waals surface area (Å²) in [7, 11) is 3.26. The summed E-state index contributed by atoms with van der Waals surface area (Å²) in [4.78, 5) is 0. The molecule has 0 fully saturated rings. The van der Waals surface area contributed by atoms with Gasteiger partial charge in [-0.25, -0.2) is 0 Å². The van der Waals surface area contributed by atoms with Crippen LogP contribution in [0.25, 0.3) is 0 Å². The van der Waals surface area contributed by atoms with Gasteiger partial charge in [-0.2, -0.15) is 5.10 Å². The molecule has 0 aliphatic carbocycles. The van der Waals surface area contributed by atoms with Gasteiger partial charge in [-0.1, -0.05) is 34.1 Å². The fourth-order valence-electron chi connectivity index (χ4n) is 2.81. The maximum atomic E-state index is 5.37.